The fourth-order valence-corrected chi connectivity index (χ4v) is 3.79. The molecule has 1 saturated heterocycles. The normalized spacial score (nSPS) is 19.7. The van der Waals surface area contributed by atoms with Crippen LogP contribution in [0.3, 0.4) is 0 Å². The van der Waals surface area contributed by atoms with Crippen LogP contribution in [0.1, 0.15) is 13.8 Å². The van der Waals surface area contributed by atoms with Crippen molar-refractivity contribution in [2.45, 2.75) is 26.7 Å². The summed E-state index contributed by atoms with van der Waals surface area (Å²) in [6.45, 7) is 9.01. The van der Waals surface area contributed by atoms with Gasteiger partial charge in [-0.25, -0.2) is 4.79 Å². The van der Waals surface area contributed by atoms with Crippen LogP contribution in [-0.2, 0) is 11.3 Å². The predicted octanol–water partition coefficient (Wildman–Crippen LogP) is -0.959. The molecule has 0 aliphatic carbocycles. The first kappa shape index (κ1) is 19.5. The number of ether oxygens (including phenoxy) is 1. The second-order valence-corrected chi connectivity index (χ2v) is 6.58. The minimum Gasteiger partial charge on any atom is -0.380 e. The monoisotopic (exact) mass is 376 g/mol. The summed E-state index contributed by atoms with van der Waals surface area (Å²) in [6.07, 6.45) is -0.149. The van der Waals surface area contributed by atoms with Gasteiger partial charge in [0.25, 0.3) is 5.56 Å². The molecule has 2 aliphatic rings. The van der Waals surface area contributed by atoms with Gasteiger partial charge in [-0.05, 0) is 13.8 Å². The number of anilines is 2. The molecular weight excluding hydrogens is 348 g/mol. The maximum absolute atomic E-state index is 12.7. The maximum atomic E-state index is 12.7. The molecule has 0 radical (unpaired) electrons. The molecule has 0 aromatic carbocycles. The summed E-state index contributed by atoms with van der Waals surface area (Å²) >= 11 is 0. The molecule has 2 N–H and O–H groups in total. The highest BCUT2D eigenvalue weighted by atomic mass is 16.5. The van der Waals surface area contributed by atoms with Crippen LogP contribution >= 0.6 is 0 Å². The van der Waals surface area contributed by atoms with Crippen molar-refractivity contribution in [1.29, 1.82) is 0 Å². The number of rotatable bonds is 6. The molecular formula is C18H28N6O3. The minimum atomic E-state index is -0.409. The Kier molecular flexibility index (Phi) is 6.21. The van der Waals surface area contributed by atoms with E-state index in [1.165, 1.54) is 0 Å². The van der Waals surface area contributed by atoms with Crippen LogP contribution in [0.25, 0.3) is 0 Å². The predicted molar refractivity (Wildman–Crippen MR) is 105 cm³/mol. The van der Waals surface area contributed by atoms with E-state index in [0.717, 1.165) is 26.2 Å². The lowest BCUT2D eigenvalue weighted by Gasteiger charge is -2.40. The van der Waals surface area contributed by atoms with Gasteiger partial charge < -0.3 is 19.9 Å². The SMILES string of the molecule is CC#CCN1c2c(n(CCOCC)c(=O)[nH]c2=O)N(C)C1N1CCNCC1. The number of nitrogens with one attached hydrogen (secondary N) is 2. The molecule has 27 heavy (non-hydrogen) atoms. The van der Waals surface area contributed by atoms with Gasteiger partial charge in [0.2, 0.25) is 0 Å². The molecule has 0 amide bonds. The average molecular weight is 376 g/mol. The summed E-state index contributed by atoms with van der Waals surface area (Å²) in [7, 11) is 1.93. The molecule has 1 aromatic rings. The number of fused-ring (bicyclic) bond motifs is 1. The van der Waals surface area contributed by atoms with Crippen molar-refractivity contribution in [3.63, 3.8) is 0 Å². The van der Waals surface area contributed by atoms with Crippen LogP contribution in [0.15, 0.2) is 9.59 Å². The van der Waals surface area contributed by atoms with E-state index in [1.54, 1.807) is 11.5 Å². The van der Waals surface area contributed by atoms with Gasteiger partial charge in [-0.15, -0.1) is 5.92 Å². The number of aromatic amines is 1. The molecule has 3 heterocycles. The summed E-state index contributed by atoms with van der Waals surface area (Å²) in [5.41, 5.74) is -0.280. The molecule has 0 saturated carbocycles. The van der Waals surface area contributed by atoms with E-state index in [0.29, 0.717) is 37.8 Å². The van der Waals surface area contributed by atoms with E-state index in [1.807, 2.05) is 23.8 Å². The Hall–Kier alpha value is -2.28. The number of H-pyrrole nitrogens is 1. The molecule has 1 aromatic heterocycles. The zero-order valence-corrected chi connectivity index (χ0v) is 16.2. The van der Waals surface area contributed by atoms with Crippen molar-refractivity contribution in [3.05, 3.63) is 20.8 Å². The number of aromatic nitrogens is 2. The van der Waals surface area contributed by atoms with Gasteiger partial charge in [-0.2, -0.15) is 0 Å². The molecule has 3 rings (SSSR count). The summed E-state index contributed by atoms with van der Waals surface area (Å²) in [4.78, 5) is 34.0. The number of nitrogens with zero attached hydrogens (tertiary/aromatic N) is 4. The van der Waals surface area contributed by atoms with Crippen molar-refractivity contribution in [1.82, 2.24) is 19.8 Å². The molecule has 1 fully saturated rings. The van der Waals surface area contributed by atoms with Gasteiger partial charge in [0.15, 0.2) is 6.29 Å². The van der Waals surface area contributed by atoms with Crippen LogP contribution < -0.4 is 26.4 Å². The summed E-state index contributed by atoms with van der Waals surface area (Å²) in [5, 5.41) is 3.35. The second-order valence-electron chi connectivity index (χ2n) is 6.58. The third kappa shape index (κ3) is 3.74. The largest absolute Gasteiger partial charge is 0.380 e. The van der Waals surface area contributed by atoms with Gasteiger partial charge in [-0.3, -0.25) is 19.2 Å². The smallest absolute Gasteiger partial charge is 0.330 e. The van der Waals surface area contributed by atoms with Crippen molar-refractivity contribution in [2.75, 3.05) is 62.8 Å². The fourth-order valence-electron chi connectivity index (χ4n) is 3.79. The maximum Gasteiger partial charge on any atom is 0.330 e. The first-order chi connectivity index (χ1) is 13.1. The minimum absolute atomic E-state index is 0.149. The van der Waals surface area contributed by atoms with Crippen LogP contribution in [-0.4, -0.2) is 73.7 Å². The molecule has 9 heteroatoms. The molecule has 148 valence electrons. The molecule has 0 spiro atoms. The summed E-state index contributed by atoms with van der Waals surface area (Å²) in [5.74, 6) is 6.62. The van der Waals surface area contributed by atoms with Gasteiger partial charge in [-0.1, -0.05) is 5.92 Å². The average Bonchev–Trinajstić information content (AvgIpc) is 2.96. The number of hydrogen-bond acceptors (Lipinski definition) is 7. The third-order valence-corrected chi connectivity index (χ3v) is 4.96. The molecule has 9 nitrogen and oxygen atoms in total. The standard InChI is InChI=1S/C18H28N6O3/c1-4-6-9-23-14-15(25)20-17(26)24(12-13-27-5-2)16(14)21(3)18(23)22-10-7-19-8-11-22/h18-19H,5,7-13H2,1-3H3,(H,20,25,26). The lowest BCUT2D eigenvalue weighted by atomic mass is 10.3. The van der Waals surface area contributed by atoms with Crippen molar-refractivity contribution in [2.24, 2.45) is 0 Å². The van der Waals surface area contributed by atoms with E-state index < -0.39 is 5.69 Å². The summed E-state index contributed by atoms with van der Waals surface area (Å²) < 4.78 is 7.03. The Bertz CT molecular complexity index is 830. The molecule has 1 atom stereocenters. The van der Waals surface area contributed by atoms with E-state index in [-0.39, 0.29) is 11.8 Å². The van der Waals surface area contributed by atoms with E-state index in [2.05, 4.69) is 27.0 Å². The van der Waals surface area contributed by atoms with Gasteiger partial charge >= 0.3 is 5.69 Å². The summed E-state index contributed by atoms with van der Waals surface area (Å²) in [6, 6.07) is 0. The topological polar surface area (TPSA) is 85.8 Å². The fraction of sp³-hybridized carbons (Fsp3) is 0.667. The Balaban J connectivity index is 2.06. The molecule has 2 aliphatic heterocycles. The Morgan fingerprint density at radius 1 is 1.26 bits per heavy atom. The lowest BCUT2D eigenvalue weighted by Crippen LogP contribution is -2.59. The third-order valence-electron chi connectivity index (χ3n) is 4.96. The highest BCUT2D eigenvalue weighted by molar-refractivity contribution is 5.73. The number of piperazine rings is 1. The first-order valence-corrected chi connectivity index (χ1v) is 9.38. The molecule has 0 bridgehead atoms. The van der Waals surface area contributed by atoms with Gasteiger partial charge in [0.1, 0.15) is 11.5 Å². The second kappa shape index (κ2) is 8.61. The Morgan fingerprint density at radius 2 is 2.00 bits per heavy atom. The highest BCUT2D eigenvalue weighted by Crippen LogP contribution is 2.35. The van der Waals surface area contributed by atoms with Crippen molar-refractivity contribution >= 4 is 11.5 Å². The van der Waals surface area contributed by atoms with Crippen LogP contribution in [0.2, 0.25) is 0 Å². The quantitative estimate of drug-likeness (QED) is 0.489. The van der Waals surface area contributed by atoms with Crippen LogP contribution in [0, 0.1) is 11.8 Å². The highest BCUT2D eigenvalue weighted by Gasteiger charge is 2.41. The number of hydrogen-bond donors (Lipinski definition) is 2. The molecule has 1 unspecified atom stereocenters. The van der Waals surface area contributed by atoms with Crippen molar-refractivity contribution in [3.8, 4) is 11.8 Å². The van der Waals surface area contributed by atoms with Crippen LogP contribution in [0.5, 0.6) is 0 Å². The van der Waals surface area contributed by atoms with E-state index in [4.69, 9.17) is 4.74 Å². The van der Waals surface area contributed by atoms with E-state index in [9.17, 15) is 9.59 Å². The van der Waals surface area contributed by atoms with E-state index >= 15 is 0 Å². The first-order valence-electron chi connectivity index (χ1n) is 9.38. The Labute approximate surface area is 158 Å². The van der Waals surface area contributed by atoms with Crippen LogP contribution in [0.4, 0.5) is 11.5 Å². The zero-order chi connectivity index (χ0) is 19.4. The van der Waals surface area contributed by atoms with Gasteiger partial charge in [0.05, 0.1) is 19.7 Å². The lowest BCUT2D eigenvalue weighted by molar-refractivity contribution is 0.137. The Morgan fingerprint density at radius 3 is 2.67 bits per heavy atom. The zero-order valence-electron chi connectivity index (χ0n) is 16.2. The van der Waals surface area contributed by atoms with Gasteiger partial charge in [0, 0.05) is 39.8 Å². The van der Waals surface area contributed by atoms with Crippen molar-refractivity contribution < 1.29 is 4.74 Å².